The molecule has 0 aliphatic heterocycles. The third kappa shape index (κ3) is 4.85. The van der Waals surface area contributed by atoms with Crippen molar-refractivity contribution >= 4 is 35.0 Å². The largest absolute Gasteiger partial charge is 0.482 e. The Morgan fingerprint density at radius 3 is 2.75 bits per heavy atom. The summed E-state index contributed by atoms with van der Waals surface area (Å²) in [4.78, 5) is 12.1. The highest BCUT2D eigenvalue weighted by Gasteiger charge is 2.16. The number of halogens is 3. The first-order chi connectivity index (χ1) is 11.5. The first kappa shape index (κ1) is 18.0. The fraction of sp³-hybridized carbons (Fsp3) is 0.125. The fourth-order valence-electron chi connectivity index (χ4n) is 1.83. The molecule has 0 fully saturated rings. The van der Waals surface area contributed by atoms with Gasteiger partial charge in [-0.25, -0.2) is 0 Å². The molecule has 124 valence electrons. The monoisotopic (exact) mass is 368 g/mol. The molecule has 0 saturated heterocycles. The molecular formula is C16H11ClF2N2O2S. The number of para-hydroxylation sites is 1. The number of anilines is 1. The summed E-state index contributed by atoms with van der Waals surface area (Å²) < 4.78 is 30.5. The molecule has 0 aliphatic carbocycles. The van der Waals surface area contributed by atoms with E-state index in [1.54, 1.807) is 30.3 Å². The maximum absolute atomic E-state index is 12.6. The molecule has 8 heteroatoms. The van der Waals surface area contributed by atoms with Crippen LogP contribution in [0.5, 0.6) is 5.75 Å². The number of nitrogens with one attached hydrogen (secondary N) is 1. The quantitative estimate of drug-likeness (QED) is 0.760. The lowest BCUT2D eigenvalue weighted by Gasteiger charge is -2.12. The van der Waals surface area contributed by atoms with Crippen molar-refractivity contribution < 1.29 is 18.3 Å². The predicted octanol–water partition coefficient (Wildman–Crippen LogP) is 4.54. The Balaban J connectivity index is 2.05. The minimum atomic E-state index is -2.67. The van der Waals surface area contributed by atoms with Crippen molar-refractivity contribution in [2.75, 3.05) is 11.9 Å². The second-order valence-corrected chi connectivity index (χ2v) is 5.85. The van der Waals surface area contributed by atoms with Crippen LogP contribution in [0.3, 0.4) is 0 Å². The summed E-state index contributed by atoms with van der Waals surface area (Å²) in [5.41, 5.74) is 0.469. The van der Waals surface area contributed by atoms with Gasteiger partial charge in [-0.15, -0.1) is 0 Å². The Labute approximate surface area is 146 Å². The molecule has 0 saturated carbocycles. The SMILES string of the molecule is N#Cc1ccccc1OCC(=O)Nc1cccc(Cl)c1SC(F)F. The van der Waals surface area contributed by atoms with Gasteiger partial charge in [0.2, 0.25) is 0 Å². The lowest BCUT2D eigenvalue weighted by atomic mass is 10.2. The summed E-state index contributed by atoms with van der Waals surface area (Å²) in [6.07, 6.45) is 0. The van der Waals surface area contributed by atoms with E-state index in [4.69, 9.17) is 21.6 Å². The number of hydrogen-bond donors (Lipinski definition) is 1. The van der Waals surface area contributed by atoms with Crippen molar-refractivity contribution in [3.05, 3.63) is 53.1 Å². The number of carbonyl (C=O) groups excluding carboxylic acids is 1. The standard InChI is InChI=1S/C16H11ClF2N2O2S/c17-11-5-3-6-12(15(11)24-16(18)19)21-14(22)9-23-13-7-2-1-4-10(13)8-20/h1-7,16H,9H2,(H,21,22). The van der Waals surface area contributed by atoms with Gasteiger partial charge in [0.25, 0.3) is 11.7 Å². The lowest BCUT2D eigenvalue weighted by molar-refractivity contribution is -0.118. The van der Waals surface area contributed by atoms with Gasteiger partial charge in [-0.2, -0.15) is 14.0 Å². The van der Waals surface area contributed by atoms with Gasteiger partial charge in [-0.05, 0) is 24.3 Å². The van der Waals surface area contributed by atoms with Crippen molar-refractivity contribution in [3.63, 3.8) is 0 Å². The molecule has 1 amide bonds. The van der Waals surface area contributed by atoms with Gasteiger partial charge in [0.1, 0.15) is 11.8 Å². The van der Waals surface area contributed by atoms with E-state index in [1.165, 1.54) is 12.1 Å². The number of ether oxygens (including phenoxy) is 1. The molecule has 0 unspecified atom stereocenters. The van der Waals surface area contributed by atoms with Crippen molar-refractivity contribution in [2.45, 2.75) is 10.7 Å². The molecule has 2 aromatic carbocycles. The van der Waals surface area contributed by atoms with Crippen LogP contribution in [0.1, 0.15) is 5.56 Å². The first-order valence-corrected chi connectivity index (χ1v) is 7.92. The van der Waals surface area contributed by atoms with E-state index in [1.807, 2.05) is 6.07 Å². The van der Waals surface area contributed by atoms with Crippen LogP contribution in [0.2, 0.25) is 5.02 Å². The van der Waals surface area contributed by atoms with Gasteiger partial charge in [0.05, 0.1) is 21.2 Å². The second-order valence-electron chi connectivity index (χ2n) is 4.44. The molecule has 0 spiro atoms. The van der Waals surface area contributed by atoms with Gasteiger partial charge in [0, 0.05) is 0 Å². The van der Waals surface area contributed by atoms with Crippen LogP contribution in [-0.4, -0.2) is 18.3 Å². The number of hydrogen-bond acceptors (Lipinski definition) is 4. The van der Waals surface area contributed by atoms with Crippen LogP contribution in [0.4, 0.5) is 14.5 Å². The van der Waals surface area contributed by atoms with E-state index in [2.05, 4.69) is 5.32 Å². The molecular weight excluding hydrogens is 358 g/mol. The number of alkyl halides is 2. The zero-order chi connectivity index (χ0) is 17.5. The van der Waals surface area contributed by atoms with Crippen LogP contribution in [0.15, 0.2) is 47.4 Å². The van der Waals surface area contributed by atoms with E-state index in [0.29, 0.717) is 5.56 Å². The summed E-state index contributed by atoms with van der Waals surface area (Å²) in [5, 5.41) is 11.5. The van der Waals surface area contributed by atoms with Gasteiger partial charge in [0.15, 0.2) is 6.61 Å². The van der Waals surface area contributed by atoms with Crippen LogP contribution in [-0.2, 0) is 4.79 Å². The molecule has 0 heterocycles. The lowest BCUT2D eigenvalue weighted by Crippen LogP contribution is -2.20. The van der Waals surface area contributed by atoms with Gasteiger partial charge in [-0.1, -0.05) is 41.6 Å². The van der Waals surface area contributed by atoms with Crippen LogP contribution in [0.25, 0.3) is 0 Å². The molecule has 0 aliphatic rings. The number of nitriles is 1. The second kappa shape index (κ2) is 8.52. The van der Waals surface area contributed by atoms with Crippen molar-refractivity contribution in [1.29, 1.82) is 5.26 Å². The zero-order valence-corrected chi connectivity index (χ0v) is 13.7. The first-order valence-electron chi connectivity index (χ1n) is 6.66. The summed E-state index contributed by atoms with van der Waals surface area (Å²) >= 11 is 6.15. The van der Waals surface area contributed by atoms with Gasteiger partial charge in [-0.3, -0.25) is 4.79 Å². The topological polar surface area (TPSA) is 62.1 Å². The Morgan fingerprint density at radius 2 is 2.04 bits per heavy atom. The average Bonchev–Trinajstić information content (AvgIpc) is 2.56. The predicted molar refractivity (Wildman–Crippen MR) is 88.6 cm³/mol. The minimum absolute atomic E-state index is 0.0833. The normalized spacial score (nSPS) is 10.3. The van der Waals surface area contributed by atoms with Crippen molar-refractivity contribution in [3.8, 4) is 11.8 Å². The Kier molecular flexibility index (Phi) is 6.41. The molecule has 1 N–H and O–H groups in total. The molecule has 2 rings (SSSR count). The van der Waals surface area contributed by atoms with E-state index in [-0.39, 0.29) is 39.7 Å². The average molecular weight is 369 g/mol. The summed E-state index contributed by atoms with van der Waals surface area (Å²) in [6, 6.07) is 12.9. The molecule has 0 aromatic heterocycles. The number of benzene rings is 2. The van der Waals surface area contributed by atoms with E-state index in [9.17, 15) is 13.6 Å². The molecule has 2 aromatic rings. The highest BCUT2D eigenvalue weighted by molar-refractivity contribution is 7.99. The molecule has 24 heavy (non-hydrogen) atoms. The smallest absolute Gasteiger partial charge is 0.289 e. The van der Waals surface area contributed by atoms with Gasteiger partial charge >= 0.3 is 0 Å². The number of nitrogens with zero attached hydrogens (tertiary/aromatic N) is 1. The van der Waals surface area contributed by atoms with Crippen molar-refractivity contribution in [1.82, 2.24) is 0 Å². The van der Waals surface area contributed by atoms with Crippen LogP contribution >= 0.6 is 23.4 Å². The third-order valence-corrected chi connectivity index (χ3v) is 4.10. The number of thioether (sulfide) groups is 1. The molecule has 0 radical (unpaired) electrons. The maximum atomic E-state index is 12.6. The highest BCUT2D eigenvalue weighted by atomic mass is 35.5. The Bertz CT molecular complexity index is 781. The van der Waals surface area contributed by atoms with Crippen LogP contribution in [0, 0.1) is 11.3 Å². The molecule has 0 bridgehead atoms. The number of carbonyl (C=O) groups is 1. The summed E-state index contributed by atoms with van der Waals surface area (Å²) in [7, 11) is 0. The Hall–Kier alpha value is -2.30. The third-order valence-electron chi connectivity index (χ3n) is 2.81. The number of rotatable bonds is 6. The van der Waals surface area contributed by atoms with Crippen LogP contribution < -0.4 is 10.1 Å². The fourth-order valence-corrected chi connectivity index (χ4v) is 2.74. The van der Waals surface area contributed by atoms with E-state index >= 15 is 0 Å². The Morgan fingerprint density at radius 1 is 1.29 bits per heavy atom. The minimum Gasteiger partial charge on any atom is -0.482 e. The number of amides is 1. The zero-order valence-electron chi connectivity index (χ0n) is 12.1. The summed E-state index contributed by atoms with van der Waals surface area (Å²) in [6.45, 7) is -0.371. The summed E-state index contributed by atoms with van der Waals surface area (Å²) in [5.74, 6) is -2.95. The molecule has 4 nitrogen and oxygen atoms in total. The van der Waals surface area contributed by atoms with E-state index < -0.39 is 11.7 Å². The van der Waals surface area contributed by atoms with E-state index in [0.717, 1.165) is 0 Å². The highest BCUT2D eigenvalue weighted by Crippen LogP contribution is 2.37. The maximum Gasteiger partial charge on any atom is 0.289 e. The van der Waals surface area contributed by atoms with Crippen molar-refractivity contribution in [2.24, 2.45) is 0 Å². The molecule has 0 atom stereocenters. The van der Waals surface area contributed by atoms with Gasteiger partial charge < -0.3 is 10.1 Å².